The van der Waals surface area contributed by atoms with Crippen LogP contribution in [0.5, 0.6) is 11.5 Å². The third-order valence-electron chi connectivity index (χ3n) is 10.8. The first-order valence-electron chi connectivity index (χ1n) is 20.9. The van der Waals surface area contributed by atoms with Gasteiger partial charge in [0.1, 0.15) is 11.5 Å². The summed E-state index contributed by atoms with van der Waals surface area (Å²) in [4.78, 5) is 86.0. The lowest BCUT2D eigenvalue weighted by Gasteiger charge is -2.22. The van der Waals surface area contributed by atoms with E-state index in [1.54, 1.807) is 86.9 Å². The maximum atomic E-state index is 13.6. The SMILES string of the molecule is CCN(CC)CCNC(=O)c1c(C)[nH]c(/C=C2\C(=O)Nc3ccc(OC(=O)C(C)OC(=O)CCC(=O)N(Cc4cccc(OC)c4)C(=O)Nc4ccc(-c5cn[nH]c5)cc4)cc32)c1C. The highest BCUT2D eigenvalue weighted by molar-refractivity contribution is 6.35. The van der Waals surface area contributed by atoms with Crippen molar-refractivity contribution < 1.29 is 43.0 Å². The number of aryl methyl sites for hydroxylation is 1. The lowest BCUT2D eigenvalue weighted by Crippen LogP contribution is -2.39. The van der Waals surface area contributed by atoms with Crippen LogP contribution in [0.2, 0.25) is 0 Å². The molecule has 0 fully saturated rings. The summed E-state index contributed by atoms with van der Waals surface area (Å²) >= 11 is 0. The Morgan fingerprint density at radius 1 is 0.922 bits per heavy atom. The van der Waals surface area contributed by atoms with Crippen molar-refractivity contribution in [2.75, 3.05) is 43.9 Å². The third-order valence-corrected chi connectivity index (χ3v) is 10.8. The molecule has 1 aliphatic rings. The van der Waals surface area contributed by atoms with Crippen molar-refractivity contribution >= 4 is 58.7 Å². The number of aromatic nitrogens is 3. The van der Waals surface area contributed by atoms with Crippen LogP contribution in [-0.4, -0.2) is 100 Å². The first-order valence-corrected chi connectivity index (χ1v) is 20.9. The van der Waals surface area contributed by atoms with Crippen LogP contribution in [0.4, 0.5) is 16.2 Å². The number of likely N-dealkylation sites (N-methyl/N-ethyl adjacent to an activating group) is 1. The van der Waals surface area contributed by atoms with Crippen molar-refractivity contribution in [3.8, 4) is 22.6 Å². The zero-order valence-corrected chi connectivity index (χ0v) is 36.6. The Morgan fingerprint density at radius 2 is 1.69 bits per heavy atom. The van der Waals surface area contributed by atoms with E-state index < -0.39 is 42.8 Å². The Hall–Kier alpha value is -7.53. The summed E-state index contributed by atoms with van der Waals surface area (Å²) in [6.45, 7) is 11.9. The monoisotopic (exact) mass is 872 g/mol. The average Bonchev–Trinajstić information content (AvgIpc) is 4.01. The van der Waals surface area contributed by atoms with E-state index in [9.17, 15) is 28.8 Å². The van der Waals surface area contributed by atoms with Crippen LogP contribution in [0, 0.1) is 13.8 Å². The van der Waals surface area contributed by atoms with Gasteiger partial charge in [0.05, 0.1) is 37.4 Å². The molecule has 5 amide bonds. The van der Waals surface area contributed by atoms with Crippen molar-refractivity contribution in [3.63, 3.8) is 0 Å². The molecule has 5 aromatic rings. The van der Waals surface area contributed by atoms with E-state index in [0.29, 0.717) is 57.3 Å². The fraction of sp³-hybridized carbons (Fsp3) is 0.298. The number of nitrogens with zero attached hydrogens (tertiary/aromatic N) is 3. The molecule has 2 aromatic heterocycles. The maximum Gasteiger partial charge on any atom is 0.352 e. The van der Waals surface area contributed by atoms with Crippen LogP contribution < -0.4 is 25.4 Å². The molecular formula is C47H52N8O9. The second-order valence-corrected chi connectivity index (χ2v) is 15.0. The van der Waals surface area contributed by atoms with Crippen LogP contribution in [0.15, 0.2) is 79.1 Å². The number of methoxy groups -OCH3 is 1. The number of anilines is 2. The van der Waals surface area contributed by atoms with E-state index in [1.807, 2.05) is 0 Å². The van der Waals surface area contributed by atoms with Crippen LogP contribution in [0.25, 0.3) is 22.8 Å². The first-order chi connectivity index (χ1) is 30.8. The molecule has 17 heteroatoms. The molecule has 0 aliphatic carbocycles. The average molecular weight is 873 g/mol. The van der Waals surface area contributed by atoms with Gasteiger partial charge in [-0.1, -0.05) is 38.1 Å². The topological polar surface area (TPSA) is 217 Å². The van der Waals surface area contributed by atoms with Gasteiger partial charge in [-0.25, -0.2) is 9.59 Å². The molecule has 0 bridgehead atoms. The molecule has 1 atom stereocenters. The number of nitrogens with one attached hydrogen (secondary N) is 5. The molecule has 3 aromatic carbocycles. The molecule has 3 heterocycles. The van der Waals surface area contributed by atoms with Gasteiger partial charge < -0.3 is 40.0 Å². The highest BCUT2D eigenvalue weighted by Gasteiger charge is 2.29. The number of urea groups is 1. The number of amides is 5. The van der Waals surface area contributed by atoms with Crippen molar-refractivity contribution in [1.29, 1.82) is 0 Å². The minimum absolute atomic E-state index is 0.0900. The molecule has 0 saturated heterocycles. The summed E-state index contributed by atoms with van der Waals surface area (Å²) in [5.41, 5.74) is 6.42. The maximum absolute atomic E-state index is 13.6. The van der Waals surface area contributed by atoms with Crippen molar-refractivity contribution in [3.05, 3.63) is 113 Å². The van der Waals surface area contributed by atoms with Gasteiger partial charge in [-0.15, -0.1) is 0 Å². The Kier molecular flexibility index (Phi) is 15.1. The van der Waals surface area contributed by atoms with Gasteiger partial charge in [0.15, 0.2) is 6.10 Å². The van der Waals surface area contributed by atoms with Gasteiger partial charge >= 0.3 is 18.0 Å². The summed E-state index contributed by atoms with van der Waals surface area (Å²) in [5.74, 6) is -2.40. The largest absolute Gasteiger partial charge is 0.497 e. The van der Waals surface area contributed by atoms with Crippen molar-refractivity contribution in [1.82, 2.24) is 30.3 Å². The number of hydrogen-bond donors (Lipinski definition) is 5. The number of carbonyl (C=O) groups is 6. The Bertz CT molecular complexity index is 2540. The fourth-order valence-corrected chi connectivity index (χ4v) is 7.15. The van der Waals surface area contributed by atoms with Gasteiger partial charge in [0, 0.05) is 59.6 Å². The molecule has 0 radical (unpaired) electrons. The minimum Gasteiger partial charge on any atom is -0.497 e. The lowest BCUT2D eigenvalue weighted by atomic mass is 10.0. The van der Waals surface area contributed by atoms with E-state index in [0.717, 1.165) is 35.7 Å². The van der Waals surface area contributed by atoms with Gasteiger partial charge in [0.25, 0.3) is 11.8 Å². The number of rotatable bonds is 18. The normalized spacial score (nSPS) is 12.9. The molecule has 1 aliphatic heterocycles. The second kappa shape index (κ2) is 21.0. The highest BCUT2D eigenvalue weighted by atomic mass is 16.6. The molecule has 0 spiro atoms. The molecule has 5 N–H and O–H groups in total. The molecule has 0 saturated carbocycles. The van der Waals surface area contributed by atoms with Gasteiger partial charge in [0.2, 0.25) is 5.91 Å². The Morgan fingerprint density at radius 3 is 2.39 bits per heavy atom. The van der Waals surface area contributed by atoms with Crippen molar-refractivity contribution in [2.45, 2.75) is 60.1 Å². The molecule has 6 rings (SSSR count). The van der Waals surface area contributed by atoms with E-state index in [2.05, 4.69) is 49.9 Å². The number of esters is 2. The smallest absolute Gasteiger partial charge is 0.352 e. The van der Waals surface area contributed by atoms with Crippen LogP contribution in [-0.2, 0) is 30.5 Å². The Balaban J connectivity index is 1.06. The van der Waals surface area contributed by atoms with Crippen LogP contribution >= 0.6 is 0 Å². The molecule has 1 unspecified atom stereocenters. The predicted octanol–water partition coefficient (Wildman–Crippen LogP) is 6.47. The number of hydrogen-bond acceptors (Lipinski definition) is 11. The molecule has 334 valence electrons. The van der Waals surface area contributed by atoms with Crippen LogP contribution in [0.3, 0.4) is 0 Å². The van der Waals surface area contributed by atoms with Crippen molar-refractivity contribution in [2.24, 2.45) is 0 Å². The molecular weight excluding hydrogens is 821 g/mol. The second-order valence-electron chi connectivity index (χ2n) is 15.0. The fourth-order valence-electron chi connectivity index (χ4n) is 7.15. The summed E-state index contributed by atoms with van der Waals surface area (Å²) in [7, 11) is 1.51. The third kappa shape index (κ3) is 11.3. The van der Waals surface area contributed by atoms with E-state index in [4.69, 9.17) is 14.2 Å². The number of aromatic amines is 2. The first kappa shape index (κ1) is 46.0. The summed E-state index contributed by atoms with van der Waals surface area (Å²) < 4.78 is 16.2. The number of imide groups is 1. The van der Waals surface area contributed by atoms with Crippen LogP contribution in [0.1, 0.15) is 72.0 Å². The van der Waals surface area contributed by atoms with E-state index >= 15 is 0 Å². The molecule has 64 heavy (non-hydrogen) atoms. The summed E-state index contributed by atoms with van der Waals surface area (Å²) in [6, 6.07) is 17.8. The molecule has 17 nitrogen and oxygen atoms in total. The highest BCUT2D eigenvalue weighted by Crippen LogP contribution is 2.36. The Labute approximate surface area is 370 Å². The van der Waals surface area contributed by atoms with Gasteiger partial charge in [-0.05, 0) is 99.1 Å². The van der Waals surface area contributed by atoms with Gasteiger partial charge in [-0.2, -0.15) is 5.10 Å². The zero-order valence-electron chi connectivity index (χ0n) is 36.6. The number of H-pyrrole nitrogens is 2. The quantitative estimate of drug-likeness (QED) is 0.0365. The lowest BCUT2D eigenvalue weighted by molar-refractivity contribution is -0.161. The number of benzene rings is 3. The minimum atomic E-state index is -1.37. The summed E-state index contributed by atoms with van der Waals surface area (Å²) in [5, 5.41) is 15.2. The summed E-state index contributed by atoms with van der Waals surface area (Å²) in [6.07, 6.45) is 2.85. The number of fused-ring (bicyclic) bond motifs is 1. The van der Waals surface area contributed by atoms with E-state index in [1.165, 1.54) is 26.2 Å². The standard InChI is InChI=1S/C47H52N8O9/c1-7-54(8-2)21-20-48-45(59)43-28(3)40(51-29(43)4)24-38-37-23-36(16-17-39(37)53-44(38)58)64-46(60)30(5)63-42(57)19-18-41(56)55(27-31-10-9-11-35(22-31)62-6)47(61)52-34-14-12-32(13-15-34)33-25-49-50-26-33/h9-17,22-26,30,51H,7-8,18-21,27H2,1-6H3,(H,48,59)(H,49,50)(H,52,61)(H,53,58)/b38-24-. The number of ether oxygens (including phenoxy) is 3. The predicted molar refractivity (Wildman–Crippen MR) is 240 cm³/mol. The van der Waals surface area contributed by atoms with E-state index in [-0.39, 0.29) is 29.7 Å². The zero-order chi connectivity index (χ0) is 45.9. The van der Waals surface area contributed by atoms with Gasteiger partial charge in [-0.3, -0.25) is 29.2 Å². The number of carbonyl (C=O) groups excluding carboxylic acids is 6.